The predicted molar refractivity (Wildman–Crippen MR) is 110 cm³/mol. The number of aromatic nitrogens is 4. The maximum absolute atomic E-state index is 12.1. The number of amides is 1. The summed E-state index contributed by atoms with van der Waals surface area (Å²) >= 11 is 0. The Hall–Kier alpha value is -3.69. The lowest BCUT2D eigenvalue weighted by Gasteiger charge is -2.10. The van der Waals surface area contributed by atoms with E-state index < -0.39 is 11.9 Å². The van der Waals surface area contributed by atoms with Gasteiger partial charge in [0, 0.05) is 23.5 Å². The van der Waals surface area contributed by atoms with Crippen LogP contribution < -0.4 is 15.8 Å². The molecule has 0 atom stereocenters. The molecule has 0 unspecified atom stereocenters. The van der Waals surface area contributed by atoms with Gasteiger partial charge in [-0.1, -0.05) is 0 Å². The smallest absolute Gasteiger partial charge is 0.306 e. The highest BCUT2D eigenvalue weighted by atomic mass is 16.5. The van der Waals surface area contributed by atoms with Crippen molar-refractivity contribution in [2.24, 2.45) is 0 Å². The molecule has 3 rings (SSSR count). The van der Waals surface area contributed by atoms with Crippen molar-refractivity contribution in [2.75, 3.05) is 24.3 Å². The molecule has 0 saturated heterocycles. The number of hydrogen-bond acceptors (Lipinski definition) is 8. The topological polar surface area (TPSA) is 134 Å². The lowest BCUT2D eigenvalue weighted by Crippen LogP contribution is -2.21. The summed E-state index contributed by atoms with van der Waals surface area (Å²) in [6.45, 7) is 5.80. The van der Waals surface area contributed by atoms with Crippen LogP contribution in [0.4, 0.5) is 11.6 Å². The molecule has 0 radical (unpaired) electrons. The highest BCUT2D eigenvalue weighted by Gasteiger charge is 2.15. The number of nitrogens with zero attached hydrogens (tertiary/aromatic N) is 4. The van der Waals surface area contributed by atoms with Crippen LogP contribution >= 0.6 is 0 Å². The Labute approximate surface area is 173 Å². The number of ether oxygens (including phenoxy) is 2. The van der Waals surface area contributed by atoms with E-state index in [1.165, 1.54) is 0 Å². The minimum absolute atomic E-state index is 0.107. The number of esters is 1. The van der Waals surface area contributed by atoms with Gasteiger partial charge >= 0.3 is 5.97 Å². The van der Waals surface area contributed by atoms with E-state index in [1.807, 2.05) is 20.8 Å². The molecule has 1 amide bonds. The summed E-state index contributed by atoms with van der Waals surface area (Å²) in [7, 11) is 0. The number of carbonyl (C=O) groups is 2. The van der Waals surface area contributed by atoms with Crippen molar-refractivity contribution in [1.29, 1.82) is 0 Å². The molecule has 3 aromatic rings. The first-order chi connectivity index (χ1) is 14.4. The van der Waals surface area contributed by atoms with Gasteiger partial charge in [-0.15, -0.1) is 5.10 Å². The van der Waals surface area contributed by atoms with Crippen molar-refractivity contribution in [3.8, 4) is 5.75 Å². The van der Waals surface area contributed by atoms with Gasteiger partial charge in [0.25, 0.3) is 11.7 Å². The molecule has 10 nitrogen and oxygen atoms in total. The van der Waals surface area contributed by atoms with Gasteiger partial charge in [-0.05, 0) is 57.0 Å². The van der Waals surface area contributed by atoms with Crippen molar-refractivity contribution in [1.82, 2.24) is 19.6 Å². The van der Waals surface area contributed by atoms with Gasteiger partial charge in [-0.2, -0.15) is 9.50 Å². The summed E-state index contributed by atoms with van der Waals surface area (Å²) in [5, 5.41) is 6.77. The number of rotatable bonds is 8. The quantitative estimate of drug-likeness (QED) is 0.535. The van der Waals surface area contributed by atoms with E-state index in [4.69, 9.17) is 15.2 Å². The molecule has 10 heteroatoms. The summed E-state index contributed by atoms with van der Waals surface area (Å²) in [4.78, 5) is 32.5. The van der Waals surface area contributed by atoms with E-state index in [9.17, 15) is 9.59 Å². The van der Waals surface area contributed by atoms with E-state index in [0.29, 0.717) is 30.2 Å². The second kappa shape index (κ2) is 9.21. The average Bonchev–Trinajstić information content (AvgIpc) is 3.08. The molecular weight excluding hydrogens is 388 g/mol. The van der Waals surface area contributed by atoms with Crippen LogP contribution in [-0.4, -0.2) is 44.7 Å². The fourth-order valence-corrected chi connectivity index (χ4v) is 3.03. The second-order valence-electron chi connectivity index (χ2n) is 6.61. The summed E-state index contributed by atoms with van der Waals surface area (Å²) in [5.74, 6) is 0.378. The Bertz CT molecular complexity index is 1060. The summed E-state index contributed by atoms with van der Waals surface area (Å²) in [6, 6.07) is 6.94. The van der Waals surface area contributed by atoms with E-state index >= 15 is 0 Å². The molecule has 3 N–H and O–H groups in total. The highest BCUT2D eigenvalue weighted by Crippen LogP contribution is 2.17. The number of carbonyl (C=O) groups excluding carboxylic acids is 2. The third-order valence-electron chi connectivity index (χ3n) is 4.46. The number of anilines is 2. The summed E-state index contributed by atoms with van der Waals surface area (Å²) in [6.07, 6.45) is 0.509. The Balaban J connectivity index is 1.50. The van der Waals surface area contributed by atoms with Gasteiger partial charge in [-0.25, -0.2) is 4.98 Å². The van der Waals surface area contributed by atoms with Crippen molar-refractivity contribution in [2.45, 2.75) is 33.6 Å². The van der Waals surface area contributed by atoms with E-state index in [-0.39, 0.29) is 19.0 Å². The van der Waals surface area contributed by atoms with E-state index in [2.05, 4.69) is 20.4 Å². The molecule has 0 saturated carbocycles. The normalized spacial score (nSPS) is 10.8. The van der Waals surface area contributed by atoms with Crippen molar-refractivity contribution in [3.05, 3.63) is 41.2 Å². The zero-order valence-corrected chi connectivity index (χ0v) is 17.1. The third kappa shape index (κ3) is 5.02. The fraction of sp³-hybridized carbons (Fsp3) is 0.350. The fourth-order valence-electron chi connectivity index (χ4n) is 3.03. The molecule has 1 aromatic carbocycles. The van der Waals surface area contributed by atoms with E-state index in [0.717, 1.165) is 17.0 Å². The Kier molecular flexibility index (Phi) is 6.45. The van der Waals surface area contributed by atoms with Crippen LogP contribution in [0, 0.1) is 13.8 Å². The molecule has 0 aliphatic heterocycles. The SMILES string of the molecule is CCOc1ccc(NC(=O)COC(=O)CCc2c(C)nc3nc(N)nn3c2C)cc1. The summed E-state index contributed by atoms with van der Waals surface area (Å²) in [5.41, 5.74) is 8.64. The minimum atomic E-state index is -0.478. The number of nitrogens with two attached hydrogens (primary N) is 1. The number of nitrogen functional groups attached to an aromatic ring is 1. The number of aryl methyl sites for hydroxylation is 2. The predicted octanol–water partition coefficient (Wildman–Crippen LogP) is 1.84. The van der Waals surface area contributed by atoms with Crippen LogP contribution in [0.2, 0.25) is 0 Å². The molecule has 158 valence electrons. The van der Waals surface area contributed by atoms with Crippen LogP contribution in [0.1, 0.15) is 30.3 Å². The zero-order valence-electron chi connectivity index (χ0n) is 17.1. The van der Waals surface area contributed by atoms with Crippen LogP contribution in [0.5, 0.6) is 5.75 Å². The molecule has 0 bridgehead atoms. The number of nitrogens with one attached hydrogen (secondary N) is 1. The van der Waals surface area contributed by atoms with Gasteiger partial charge in [0.1, 0.15) is 5.75 Å². The van der Waals surface area contributed by atoms with Crippen LogP contribution in [0.3, 0.4) is 0 Å². The average molecular weight is 412 g/mol. The first-order valence-corrected chi connectivity index (χ1v) is 9.54. The summed E-state index contributed by atoms with van der Waals surface area (Å²) < 4.78 is 12.0. The Morgan fingerprint density at radius 3 is 2.60 bits per heavy atom. The Morgan fingerprint density at radius 1 is 1.17 bits per heavy atom. The van der Waals surface area contributed by atoms with Gasteiger partial charge in [0.15, 0.2) is 6.61 Å². The molecule has 30 heavy (non-hydrogen) atoms. The minimum Gasteiger partial charge on any atom is -0.494 e. The molecule has 0 aliphatic rings. The lowest BCUT2D eigenvalue weighted by molar-refractivity contribution is -0.147. The first kappa shape index (κ1) is 21.0. The van der Waals surface area contributed by atoms with Crippen molar-refractivity contribution >= 4 is 29.3 Å². The van der Waals surface area contributed by atoms with Crippen LogP contribution in [0.25, 0.3) is 5.78 Å². The van der Waals surface area contributed by atoms with Crippen LogP contribution in [0.15, 0.2) is 24.3 Å². The molecular formula is C20H24N6O4. The monoisotopic (exact) mass is 412 g/mol. The lowest BCUT2D eigenvalue weighted by atomic mass is 10.1. The largest absolute Gasteiger partial charge is 0.494 e. The second-order valence-corrected chi connectivity index (χ2v) is 6.61. The number of benzene rings is 1. The van der Waals surface area contributed by atoms with Crippen molar-refractivity contribution in [3.63, 3.8) is 0 Å². The molecule has 0 aliphatic carbocycles. The van der Waals surface area contributed by atoms with Gasteiger partial charge in [0.05, 0.1) is 6.61 Å². The maximum atomic E-state index is 12.1. The standard InChI is InChI=1S/C20H24N6O4/c1-4-29-15-7-5-14(6-8-15)23-17(27)11-30-18(28)10-9-16-12(2)22-20-24-19(21)25-26(20)13(16)3/h5-8H,4,9-11H2,1-3H3,(H2,21,25)(H,23,27). The van der Waals surface area contributed by atoms with E-state index in [1.54, 1.807) is 28.8 Å². The van der Waals surface area contributed by atoms with Gasteiger partial charge in [-0.3, -0.25) is 9.59 Å². The van der Waals surface area contributed by atoms with Crippen LogP contribution in [-0.2, 0) is 20.7 Å². The molecule has 2 heterocycles. The Morgan fingerprint density at radius 2 is 1.90 bits per heavy atom. The third-order valence-corrected chi connectivity index (χ3v) is 4.46. The van der Waals surface area contributed by atoms with Gasteiger partial charge < -0.3 is 20.5 Å². The number of fused-ring (bicyclic) bond motifs is 1. The maximum Gasteiger partial charge on any atom is 0.306 e. The zero-order chi connectivity index (χ0) is 21.7. The highest BCUT2D eigenvalue weighted by molar-refractivity contribution is 5.92. The number of hydrogen-bond donors (Lipinski definition) is 2. The first-order valence-electron chi connectivity index (χ1n) is 9.54. The van der Waals surface area contributed by atoms with Crippen molar-refractivity contribution < 1.29 is 19.1 Å². The molecule has 2 aromatic heterocycles. The molecule has 0 fully saturated rings. The molecule has 0 spiro atoms. The van der Waals surface area contributed by atoms with Gasteiger partial charge in [0.2, 0.25) is 5.95 Å².